The van der Waals surface area contributed by atoms with Crippen molar-refractivity contribution in [1.82, 2.24) is 25.0 Å². The van der Waals surface area contributed by atoms with E-state index in [0.29, 0.717) is 42.0 Å². The molecule has 0 saturated carbocycles. The summed E-state index contributed by atoms with van der Waals surface area (Å²) in [6.45, 7) is 2.24. The van der Waals surface area contributed by atoms with E-state index in [4.69, 9.17) is 9.84 Å². The van der Waals surface area contributed by atoms with Crippen molar-refractivity contribution in [3.8, 4) is 5.75 Å². The topological polar surface area (TPSA) is 118 Å². The first kappa shape index (κ1) is 30.3. The number of nitrogens with one attached hydrogen (secondary N) is 2. The minimum absolute atomic E-state index is 0.120. The molecule has 2 fully saturated rings. The lowest BCUT2D eigenvalue weighted by molar-refractivity contribution is -0.138. The number of hydrogen-bond donors (Lipinski definition) is 2. The number of halogens is 3. The summed E-state index contributed by atoms with van der Waals surface area (Å²) in [5, 5.41) is 10.6. The van der Waals surface area contributed by atoms with Gasteiger partial charge in [0.2, 0.25) is 11.8 Å². The molecule has 10 nitrogen and oxygen atoms in total. The number of carbonyl (C=O) groups is 3. The number of alkyl halides is 3. The first-order valence-electron chi connectivity index (χ1n) is 14.6. The average molecular weight is 621 g/mol. The van der Waals surface area contributed by atoms with Gasteiger partial charge < -0.3 is 10.1 Å². The van der Waals surface area contributed by atoms with E-state index >= 15 is 0 Å². The van der Waals surface area contributed by atoms with Gasteiger partial charge in [-0.15, -0.1) is 0 Å². The first-order valence-corrected chi connectivity index (χ1v) is 14.6. The third kappa shape index (κ3) is 6.53. The zero-order valence-electron chi connectivity index (χ0n) is 24.4. The molecule has 4 heterocycles. The van der Waals surface area contributed by atoms with Crippen LogP contribution in [0, 0.1) is 0 Å². The molecule has 0 spiro atoms. The number of pyridine rings is 1. The number of benzene rings is 2. The third-order valence-electron chi connectivity index (χ3n) is 8.36. The van der Waals surface area contributed by atoms with Crippen molar-refractivity contribution in [3.05, 3.63) is 83.3 Å². The normalized spacial score (nSPS) is 18.2. The van der Waals surface area contributed by atoms with Crippen molar-refractivity contribution in [2.75, 3.05) is 25.5 Å². The molecule has 2 saturated heterocycles. The molecular formula is C32H31F3N6O4. The average Bonchev–Trinajstić information content (AvgIpc) is 3.44. The van der Waals surface area contributed by atoms with E-state index in [2.05, 4.69) is 20.5 Å². The number of hydrogen-bond acceptors (Lipinski definition) is 7. The Labute approximate surface area is 256 Å². The molecular weight excluding hydrogens is 589 g/mol. The Morgan fingerprint density at radius 3 is 2.62 bits per heavy atom. The number of ether oxygens (including phenoxy) is 1. The highest BCUT2D eigenvalue weighted by Crippen LogP contribution is 2.34. The van der Waals surface area contributed by atoms with Crippen LogP contribution in [0.3, 0.4) is 0 Å². The van der Waals surface area contributed by atoms with Gasteiger partial charge in [-0.3, -0.25) is 34.3 Å². The summed E-state index contributed by atoms with van der Waals surface area (Å²) in [7, 11) is 1.45. The number of carbonyl (C=O) groups excluding carboxylic acids is 3. The van der Waals surface area contributed by atoms with Crippen LogP contribution in [0.15, 0.2) is 60.9 Å². The number of methoxy groups -OCH3 is 1. The smallest absolute Gasteiger partial charge is 0.416 e. The third-order valence-corrected chi connectivity index (χ3v) is 8.36. The van der Waals surface area contributed by atoms with Crippen molar-refractivity contribution in [2.24, 2.45) is 0 Å². The molecule has 3 amide bonds. The highest BCUT2D eigenvalue weighted by Gasteiger charge is 2.32. The van der Waals surface area contributed by atoms with Crippen LogP contribution in [-0.4, -0.2) is 57.6 Å². The minimum atomic E-state index is -4.56. The molecule has 4 aromatic rings. The number of piperidine rings is 2. The largest absolute Gasteiger partial charge is 0.494 e. The number of aromatic nitrogens is 3. The Kier molecular flexibility index (Phi) is 8.28. The van der Waals surface area contributed by atoms with E-state index in [1.165, 1.54) is 19.2 Å². The molecule has 2 aliphatic heterocycles. The zero-order chi connectivity index (χ0) is 31.7. The van der Waals surface area contributed by atoms with E-state index < -0.39 is 23.6 Å². The van der Waals surface area contributed by atoms with Crippen molar-refractivity contribution < 1.29 is 32.3 Å². The Balaban J connectivity index is 1.13. The fourth-order valence-electron chi connectivity index (χ4n) is 5.99. The van der Waals surface area contributed by atoms with E-state index in [9.17, 15) is 27.6 Å². The second-order valence-electron chi connectivity index (χ2n) is 11.3. The Morgan fingerprint density at radius 1 is 1.09 bits per heavy atom. The van der Waals surface area contributed by atoms with Crippen LogP contribution in [-0.2, 0) is 22.3 Å². The van der Waals surface area contributed by atoms with E-state index in [1.807, 2.05) is 23.0 Å². The summed E-state index contributed by atoms with van der Waals surface area (Å²) in [4.78, 5) is 43.8. The summed E-state index contributed by atoms with van der Waals surface area (Å²) in [6, 6.07) is 11.6. The van der Waals surface area contributed by atoms with Crippen molar-refractivity contribution in [3.63, 3.8) is 0 Å². The van der Waals surface area contributed by atoms with Gasteiger partial charge in [0.1, 0.15) is 5.75 Å². The van der Waals surface area contributed by atoms with Gasteiger partial charge in [0.15, 0.2) is 0 Å². The molecule has 2 aromatic heterocycles. The highest BCUT2D eigenvalue weighted by atomic mass is 19.4. The summed E-state index contributed by atoms with van der Waals surface area (Å²) in [5.74, 6) is -1.34. The van der Waals surface area contributed by atoms with E-state index in [-0.39, 0.29) is 23.4 Å². The van der Waals surface area contributed by atoms with Gasteiger partial charge in [0.25, 0.3) is 5.91 Å². The lowest BCUT2D eigenvalue weighted by Gasteiger charge is -2.33. The van der Waals surface area contributed by atoms with Gasteiger partial charge in [-0.05, 0) is 55.2 Å². The maximum atomic E-state index is 13.1. The molecule has 2 aliphatic rings. The number of amides is 3. The van der Waals surface area contributed by atoms with Crippen LogP contribution in [0.1, 0.15) is 64.8 Å². The van der Waals surface area contributed by atoms with Crippen LogP contribution in [0.5, 0.6) is 5.75 Å². The Morgan fingerprint density at radius 2 is 1.89 bits per heavy atom. The van der Waals surface area contributed by atoms with Crippen molar-refractivity contribution in [1.29, 1.82) is 0 Å². The predicted octanol–water partition coefficient (Wildman–Crippen LogP) is 5.07. The number of likely N-dealkylation sites (tertiary alicyclic amines) is 1. The van der Waals surface area contributed by atoms with E-state index in [1.54, 1.807) is 18.3 Å². The van der Waals surface area contributed by atoms with E-state index in [0.717, 1.165) is 49.0 Å². The molecule has 0 aliphatic carbocycles. The lowest BCUT2D eigenvalue weighted by Crippen LogP contribution is -2.40. The quantitative estimate of drug-likeness (QED) is 0.277. The van der Waals surface area contributed by atoms with Gasteiger partial charge in [0.05, 0.1) is 41.5 Å². The molecule has 2 N–H and O–H groups in total. The monoisotopic (exact) mass is 620 g/mol. The highest BCUT2D eigenvalue weighted by molar-refractivity contribution is 6.06. The SMILES string of the molecule is COc1cc2nn(C3CCN(Cc4cccnc4C4CCC(=O)NC4=O)CC3)cc2cc1NC(=O)c1cccc(C(F)(F)F)c1. The molecule has 6 rings (SSSR count). The minimum Gasteiger partial charge on any atom is -0.494 e. The molecule has 45 heavy (non-hydrogen) atoms. The number of rotatable bonds is 7. The standard InChI is InChI=1S/C32H31F3N6O4/c1-45-27-16-25-21(15-26(27)37-30(43)19-4-2-6-22(14-19)32(33,34)35)18-41(39-25)23-9-12-40(13-10-23)17-20-5-3-11-36-29(20)24-7-8-28(42)38-31(24)44/h2-6,11,14-16,18,23-24H,7-10,12-13,17H2,1H3,(H,37,43)(H,38,42,44). The number of anilines is 1. The van der Waals surface area contributed by atoms with Crippen LogP contribution in [0.25, 0.3) is 10.9 Å². The van der Waals surface area contributed by atoms with Crippen LogP contribution in [0.4, 0.5) is 18.9 Å². The first-order chi connectivity index (χ1) is 21.6. The van der Waals surface area contributed by atoms with Crippen LogP contribution >= 0.6 is 0 Å². The predicted molar refractivity (Wildman–Crippen MR) is 159 cm³/mol. The molecule has 0 bridgehead atoms. The number of nitrogens with zero attached hydrogens (tertiary/aromatic N) is 4. The summed E-state index contributed by atoms with van der Waals surface area (Å²) >= 11 is 0. The van der Waals surface area contributed by atoms with Crippen molar-refractivity contribution in [2.45, 2.75) is 50.4 Å². The van der Waals surface area contributed by atoms with Gasteiger partial charge in [-0.25, -0.2) is 0 Å². The van der Waals surface area contributed by atoms with Gasteiger partial charge in [0, 0.05) is 55.5 Å². The van der Waals surface area contributed by atoms with Crippen LogP contribution in [0.2, 0.25) is 0 Å². The molecule has 13 heteroatoms. The zero-order valence-corrected chi connectivity index (χ0v) is 24.4. The molecule has 1 atom stereocenters. The molecule has 2 aromatic carbocycles. The van der Waals surface area contributed by atoms with Crippen molar-refractivity contribution >= 4 is 34.3 Å². The van der Waals surface area contributed by atoms with Gasteiger partial charge in [-0.2, -0.15) is 18.3 Å². The second-order valence-corrected chi connectivity index (χ2v) is 11.3. The fourth-order valence-corrected chi connectivity index (χ4v) is 5.99. The summed E-state index contributed by atoms with van der Waals surface area (Å²) in [6.07, 6.45) is 1.42. The number of imide groups is 1. The maximum absolute atomic E-state index is 13.1. The van der Waals surface area contributed by atoms with Crippen LogP contribution < -0.4 is 15.4 Å². The molecule has 234 valence electrons. The Hall–Kier alpha value is -4.78. The number of fused-ring (bicyclic) bond motifs is 1. The second kappa shape index (κ2) is 12.3. The van der Waals surface area contributed by atoms with Gasteiger partial charge in [-0.1, -0.05) is 12.1 Å². The molecule has 1 unspecified atom stereocenters. The summed E-state index contributed by atoms with van der Waals surface area (Å²) in [5.41, 5.74) is 1.65. The summed E-state index contributed by atoms with van der Waals surface area (Å²) < 4.78 is 46.8. The maximum Gasteiger partial charge on any atom is 0.416 e. The lowest BCUT2D eigenvalue weighted by atomic mass is 9.91. The van der Waals surface area contributed by atoms with Gasteiger partial charge >= 0.3 is 6.18 Å². The molecule has 0 radical (unpaired) electrons. The Bertz CT molecular complexity index is 1760. The fraction of sp³-hybridized carbons (Fsp3) is 0.344.